The normalized spacial score (nSPS) is 11.0. The molecule has 1 aromatic heterocycles. The Hall–Kier alpha value is -0.900. The fourth-order valence-electron chi connectivity index (χ4n) is 0.975. The molecule has 0 spiro atoms. The molecule has 0 bridgehead atoms. The smallest absolute Gasteiger partial charge is 0.146 e. The van der Waals surface area contributed by atoms with Crippen LogP contribution in [0.5, 0.6) is 0 Å². The fourth-order valence-corrected chi connectivity index (χ4v) is 0.975. The molecule has 1 N–H and O–H groups in total. The van der Waals surface area contributed by atoms with E-state index in [1.54, 1.807) is 6.33 Å². The van der Waals surface area contributed by atoms with Crippen LogP contribution in [0.1, 0.15) is 26.6 Å². The molecule has 0 aliphatic rings. The second-order valence-electron chi connectivity index (χ2n) is 3.07. The SMILES string of the molecule is CCn1cnnc1CNC(C)C. The largest absolute Gasteiger partial charge is 0.317 e. The Morgan fingerprint density at radius 1 is 1.58 bits per heavy atom. The molecule has 0 amide bonds. The summed E-state index contributed by atoms with van der Waals surface area (Å²) in [5, 5.41) is 11.2. The topological polar surface area (TPSA) is 42.7 Å². The van der Waals surface area contributed by atoms with Crippen LogP contribution in [0.15, 0.2) is 6.33 Å². The van der Waals surface area contributed by atoms with Gasteiger partial charge >= 0.3 is 0 Å². The van der Waals surface area contributed by atoms with E-state index in [9.17, 15) is 0 Å². The minimum Gasteiger partial charge on any atom is -0.317 e. The predicted molar refractivity (Wildman–Crippen MR) is 47.7 cm³/mol. The highest BCUT2D eigenvalue weighted by molar-refractivity contribution is 4.84. The summed E-state index contributed by atoms with van der Waals surface area (Å²) in [4.78, 5) is 0. The summed E-state index contributed by atoms with van der Waals surface area (Å²) in [6, 6.07) is 0.493. The van der Waals surface area contributed by atoms with Gasteiger partial charge in [-0.25, -0.2) is 0 Å². The van der Waals surface area contributed by atoms with E-state index >= 15 is 0 Å². The van der Waals surface area contributed by atoms with E-state index < -0.39 is 0 Å². The molecule has 0 radical (unpaired) electrons. The minimum absolute atomic E-state index is 0.493. The monoisotopic (exact) mass is 168 g/mol. The maximum atomic E-state index is 4.01. The molecule has 4 heteroatoms. The van der Waals surface area contributed by atoms with Crippen molar-refractivity contribution in [2.24, 2.45) is 0 Å². The van der Waals surface area contributed by atoms with Gasteiger partial charge in [-0.15, -0.1) is 10.2 Å². The van der Waals surface area contributed by atoms with Gasteiger partial charge in [-0.3, -0.25) is 0 Å². The lowest BCUT2D eigenvalue weighted by molar-refractivity contribution is 0.550. The zero-order chi connectivity index (χ0) is 8.97. The Morgan fingerprint density at radius 2 is 2.33 bits per heavy atom. The second kappa shape index (κ2) is 4.21. The van der Waals surface area contributed by atoms with Crippen LogP contribution in [0.25, 0.3) is 0 Å². The van der Waals surface area contributed by atoms with Crippen molar-refractivity contribution in [2.75, 3.05) is 0 Å². The summed E-state index contributed by atoms with van der Waals surface area (Å²) >= 11 is 0. The molecule has 0 atom stereocenters. The van der Waals surface area contributed by atoms with Crippen molar-refractivity contribution < 1.29 is 0 Å². The number of hydrogen-bond acceptors (Lipinski definition) is 3. The molecular weight excluding hydrogens is 152 g/mol. The molecule has 0 unspecified atom stereocenters. The zero-order valence-electron chi connectivity index (χ0n) is 7.91. The number of aromatic nitrogens is 3. The van der Waals surface area contributed by atoms with E-state index in [0.717, 1.165) is 18.9 Å². The van der Waals surface area contributed by atoms with Crippen molar-refractivity contribution in [3.8, 4) is 0 Å². The Balaban J connectivity index is 2.50. The first-order chi connectivity index (χ1) is 5.74. The van der Waals surface area contributed by atoms with E-state index in [1.807, 2.05) is 4.57 Å². The molecule has 68 valence electrons. The molecule has 0 aliphatic heterocycles. The van der Waals surface area contributed by atoms with Crippen LogP contribution in [0.2, 0.25) is 0 Å². The Labute approximate surface area is 73.0 Å². The van der Waals surface area contributed by atoms with E-state index in [4.69, 9.17) is 0 Å². The van der Waals surface area contributed by atoms with Gasteiger partial charge in [-0.2, -0.15) is 0 Å². The van der Waals surface area contributed by atoms with Gasteiger partial charge in [-0.05, 0) is 6.92 Å². The first-order valence-electron chi connectivity index (χ1n) is 4.34. The highest BCUT2D eigenvalue weighted by Gasteiger charge is 2.01. The lowest BCUT2D eigenvalue weighted by atomic mass is 10.4. The molecule has 1 aromatic rings. The summed E-state index contributed by atoms with van der Waals surface area (Å²) in [6.45, 7) is 8.05. The van der Waals surface area contributed by atoms with Gasteiger partial charge in [-0.1, -0.05) is 13.8 Å². The van der Waals surface area contributed by atoms with Crippen molar-refractivity contribution in [1.29, 1.82) is 0 Å². The zero-order valence-corrected chi connectivity index (χ0v) is 7.91. The van der Waals surface area contributed by atoms with Crippen molar-refractivity contribution >= 4 is 0 Å². The summed E-state index contributed by atoms with van der Waals surface area (Å²) < 4.78 is 2.04. The van der Waals surface area contributed by atoms with Crippen LogP contribution in [-0.4, -0.2) is 20.8 Å². The molecule has 0 fully saturated rings. The van der Waals surface area contributed by atoms with E-state index in [-0.39, 0.29) is 0 Å². The summed E-state index contributed by atoms with van der Waals surface area (Å²) in [7, 11) is 0. The standard InChI is InChI=1S/C8H16N4/c1-4-12-6-10-11-8(12)5-9-7(2)3/h6-7,9H,4-5H2,1-3H3. The number of nitrogens with one attached hydrogen (secondary N) is 1. The molecule has 0 saturated carbocycles. The maximum absolute atomic E-state index is 4.01. The first-order valence-corrected chi connectivity index (χ1v) is 4.34. The minimum atomic E-state index is 0.493. The Kier molecular flexibility index (Phi) is 3.22. The van der Waals surface area contributed by atoms with Crippen LogP contribution >= 0.6 is 0 Å². The molecule has 1 rings (SSSR count). The summed E-state index contributed by atoms with van der Waals surface area (Å²) in [5.41, 5.74) is 0. The molecule has 12 heavy (non-hydrogen) atoms. The predicted octanol–water partition coefficient (Wildman–Crippen LogP) is 0.796. The van der Waals surface area contributed by atoms with Crippen LogP contribution in [-0.2, 0) is 13.1 Å². The van der Waals surface area contributed by atoms with E-state index in [0.29, 0.717) is 6.04 Å². The highest BCUT2D eigenvalue weighted by atomic mass is 15.3. The Bertz CT molecular complexity index is 229. The number of nitrogens with zero attached hydrogens (tertiary/aromatic N) is 3. The van der Waals surface area contributed by atoms with Crippen molar-refractivity contribution in [2.45, 2.75) is 39.9 Å². The second-order valence-corrected chi connectivity index (χ2v) is 3.07. The highest BCUT2D eigenvalue weighted by Crippen LogP contribution is 1.94. The molecule has 4 nitrogen and oxygen atoms in total. The summed E-state index contributed by atoms with van der Waals surface area (Å²) in [5.74, 6) is 1.01. The van der Waals surface area contributed by atoms with Crippen LogP contribution in [0.4, 0.5) is 0 Å². The Morgan fingerprint density at radius 3 is 2.92 bits per heavy atom. The van der Waals surface area contributed by atoms with Gasteiger partial charge in [0.1, 0.15) is 12.2 Å². The fraction of sp³-hybridized carbons (Fsp3) is 0.750. The van der Waals surface area contributed by atoms with Gasteiger partial charge in [0.15, 0.2) is 0 Å². The van der Waals surface area contributed by atoms with Crippen LogP contribution < -0.4 is 5.32 Å². The molecule has 0 aliphatic carbocycles. The number of aryl methyl sites for hydroxylation is 1. The van der Waals surface area contributed by atoms with Crippen molar-refractivity contribution in [3.05, 3.63) is 12.2 Å². The van der Waals surface area contributed by atoms with Crippen molar-refractivity contribution in [3.63, 3.8) is 0 Å². The molecular formula is C8H16N4. The van der Waals surface area contributed by atoms with Gasteiger partial charge in [0, 0.05) is 12.6 Å². The quantitative estimate of drug-likeness (QED) is 0.723. The number of rotatable bonds is 4. The third-order valence-corrected chi connectivity index (χ3v) is 1.70. The molecule has 0 aromatic carbocycles. The summed E-state index contributed by atoms with van der Waals surface area (Å²) in [6.07, 6.45) is 1.76. The van der Waals surface area contributed by atoms with Crippen LogP contribution in [0.3, 0.4) is 0 Å². The van der Waals surface area contributed by atoms with Gasteiger partial charge in [0.25, 0.3) is 0 Å². The van der Waals surface area contributed by atoms with Gasteiger partial charge in [0.2, 0.25) is 0 Å². The van der Waals surface area contributed by atoms with Gasteiger partial charge < -0.3 is 9.88 Å². The lowest BCUT2D eigenvalue weighted by Crippen LogP contribution is -2.23. The molecule has 0 saturated heterocycles. The lowest BCUT2D eigenvalue weighted by Gasteiger charge is -2.07. The average Bonchev–Trinajstić information content (AvgIpc) is 2.47. The first kappa shape index (κ1) is 9.19. The van der Waals surface area contributed by atoms with Gasteiger partial charge in [0.05, 0.1) is 6.54 Å². The van der Waals surface area contributed by atoms with Crippen molar-refractivity contribution in [1.82, 2.24) is 20.1 Å². The average molecular weight is 168 g/mol. The van der Waals surface area contributed by atoms with E-state index in [1.165, 1.54) is 0 Å². The van der Waals surface area contributed by atoms with E-state index in [2.05, 4.69) is 36.3 Å². The maximum Gasteiger partial charge on any atom is 0.146 e. The number of hydrogen-bond donors (Lipinski definition) is 1. The third kappa shape index (κ3) is 2.30. The van der Waals surface area contributed by atoms with Crippen LogP contribution in [0, 0.1) is 0 Å². The third-order valence-electron chi connectivity index (χ3n) is 1.70. The molecule has 1 heterocycles.